The summed E-state index contributed by atoms with van der Waals surface area (Å²) in [6.07, 6.45) is 10.0. The van der Waals surface area contributed by atoms with E-state index < -0.39 is 0 Å². The van der Waals surface area contributed by atoms with Crippen LogP contribution >= 0.6 is 0 Å². The molecule has 0 aromatic carbocycles. The third kappa shape index (κ3) is 4.75. The molecule has 2 atom stereocenters. The van der Waals surface area contributed by atoms with Crippen molar-refractivity contribution in [3.63, 3.8) is 0 Å². The molecule has 0 aliphatic heterocycles. The van der Waals surface area contributed by atoms with E-state index in [1.807, 2.05) is 0 Å². The molecule has 1 aliphatic carbocycles. The molecular weight excluding hydrogens is 236 g/mol. The minimum atomic E-state index is -0.285. The van der Waals surface area contributed by atoms with Crippen LogP contribution in [-0.4, -0.2) is 23.9 Å². The van der Waals surface area contributed by atoms with Crippen molar-refractivity contribution in [2.45, 2.75) is 90.3 Å². The lowest BCUT2D eigenvalue weighted by Gasteiger charge is -2.42. The van der Waals surface area contributed by atoms with Crippen LogP contribution in [0.1, 0.15) is 78.6 Å². The van der Waals surface area contributed by atoms with Crippen LogP contribution in [0.4, 0.5) is 0 Å². The zero-order valence-electron chi connectivity index (χ0n) is 13.5. The molecule has 0 heterocycles. The van der Waals surface area contributed by atoms with E-state index in [-0.39, 0.29) is 11.7 Å². The highest BCUT2D eigenvalue weighted by molar-refractivity contribution is 4.93. The first-order chi connectivity index (χ1) is 9.07. The van der Waals surface area contributed by atoms with E-state index in [1.54, 1.807) is 7.11 Å². The van der Waals surface area contributed by atoms with Crippen LogP contribution in [0, 0.1) is 11.8 Å². The van der Waals surface area contributed by atoms with E-state index in [9.17, 15) is 5.11 Å². The molecule has 2 unspecified atom stereocenters. The zero-order valence-corrected chi connectivity index (χ0v) is 13.5. The number of unbranched alkanes of at least 4 members (excludes halogenated alkanes) is 1. The van der Waals surface area contributed by atoms with Crippen molar-refractivity contribution >= 4 is 0 Å². The Hall–Kier alpha value is -0.0800. The maximum absolute atomic E-state index is 10.7. The van der Waals surface area contributed by atoms with Crippen LogP contribution in [0.15, 0.2) is 0 Å². The summed E-state index contributed by atoms with van der Waals surface area (Å²) in [5.74, 6) is 1.44. The Labute approximate surface area is 119 Å². The third-order valence-electron chi connectivity index (χ3n) is 5.23. The molecule has 0 amide bonds. The molecule has 0 aromatic heterocycles. The Bertz CT molecular complexity index is 231. The second-order valence-corrected chi connectivity index (χ2v) is 6.62. The summed E-state index contributed by atoms with van der Waals surface area (Å²) in [6, 6.07) is 0. The molecule has 0 bridgehead atoms. The van der Waals surface area contributed by atoms with Crippen molar-refractivity contribution in [1.82, 2.24) is 0 Å². The molecule has 0 radical (unpaired) electrons. The molecule has 114 valence electrons. The fraction of sp³-hybridized carbons (Fsp3) is 1.00. The molecule has 1 fully saturated rings. The van der Waals surface area contributed by atoms with E-state index >= 15 is 0 Å². The van der Waals surface area contributed by atoms with Crippen molar-refractivity contribution in [1.29, 1.82) is 0 Å². The third-order valence-corrected chi connectivity index (χ3v) is 5.23. The van der Waals surface area contributed by atoms with Crippen molar-refractivity contribution in [2.75, 3.05) is 7.11 Å². The monoisotopic (exact) mass is 270 g/mol. The van der Waals surface area contributed by atoms with Gasteiger partial charge in [0.15, 0.2) is 0 Å². The molecule has 1 saturated carbocycles. The predicted molar refractivity (Wildman–Crippen MR) is 81.3 cm³/mol. The summed E-state index contributed by atoms with van der Waals surface area (Å²) in [5.41, 5.74) is -0.258. The van der Waals surface area contributed by atoms with Gasteiger partial charge in [-0.05, 0) is 43.9 Å². The Morgan fingerprint density at radius 2 is 1.89 bits per heavy atom. The Morgan fingerprint density at radius 1 is 1.26 bits per heavy atom. The standard InChI is InChI=1S/C17H34O2/c1-5-7-8-15(6-2)13-16(18)17(19-4)11-9-14(3)10-12-17/h14-16,18H,5-13H2,1-4H3. The first kappa shape index (κ1) is 17.0. The van der Waals surface area contributed by atoms with Crippen LogP contribution in [-0.2, 0) is 4.74 Å². The molecule has 0 aromatic rings. The molecule has 2 heteroatoms. The fourth-order valence-corrected chi connectivity index (χ4v) is 3.44. The number of methoxy groups -OCH3 is 1. The van der Waals surface area contributed by atoms with Crippen LogP contribution in [0.2, 0.25) is 0 Å². The maximum Gasteiger partial charge on any atom is 0.0936 e. The molecule has 1 rings (SSSR count). The largest absolute Gasteiger partial charge is 0.390 e. The summed E-state index contributed by atoms with van der Waals surface area (Å²) in [7, 11) is 1.78. The number of aliphatic hydroxyl groups excluding tert-OH is 1. The lowest BCUT2D eigenvalue weighted by molar-refractivity contribution is -0.134. The normalized spacial score (nSPS) is 31.1. The SMILES string of the molecule is CCCCC(CC)CC(O)C1(OC)CCC(C)CC1. The summed E-state index contributed by atoms with van der Waals surface area (Å²) in [4.78, 5) is 0. The first-order valence-corrected chi connectivity index (χ1v) is 8.31. The van der Waals surface area contributed by atoms with Crippen molar-refractivity contribution in [3.05, 3.63) is 0 Å². The molecular formula is C17H34O2. The van der Waals surface area contributed by atoms with E-state index in [2.05, 4.69) is 20.8 Å². The lowest BCUT2D eigenvalue weighted by Crippen LogP contribution is -2.47. The minimum absolute atomic E-state index is 0.258. The second kappa shape index (κ2) is 8.26. The topological polar surface area (TPSA) is 29.5 Å². The molecule has 0 spiro atoms. The van der Waals surface area contributed by atoms with Crippen LogP contribution in [0.3, 0.4) is 0 Å². The minimum Gasteiger partial charge on any atom is -0.390 e. The summed E-state index contributed by atoms with van der Waals surface area (Å²) >= 11 is 0. The Morgan fingerprint density at radius 3 is 2.37 bits per heavy atom. The van der Waals surface area contributed by atoms with Gasteiger partial charge in [0.1, 0.15) is 0 Å². The number of hydrogen-bond donors (Lipinski definition) is 1. The quantitative estimate of drug-likeness (QED) is 0.701. The van der Waals surface area contributed by atoms with Crippen molar-refractivity contribution < 1.29 is 9.84 Å². The summed E-state index contributed by atoms with van der Waals surface area (Å²) in [6.45, 7) is 6.79. The van der Waals surface area contributed by atoms with Gasteiger partial charge in [-0.3, -0.25) is 0 Å². The van der Waals surface area contributed by atoms with E-state index in [0.717, 1.165) is 25.2 Å². The van der Waals surface area contributed by atoms with E-state index in [1.165, 1.54) is 38.5 Å². The van der Waals surface area contributed by atoms with Crippen molar-refractivity contribution in [3.8, 4) is 0 Å². The number of hydrogen-bond acceptors (Lipinski definition) is 2. The number of rotatable bonds is 8. The van der Waals surface area contributed by atoms with Crippen LogP contribution < -0.4 is 0 Å². The molecule has 0 saturated heterocycles. The average Bonchev–Trinajstić information content (AvgIpc) is 2.44. The summed E-state index contributed by atoms with van der Waals surface area (Å²) < 4.78 is 5.79. The van der Waals surface area contributed by atoms with Gasteiger partial charge in [-0.2, -0.15) is 0 Å². The van der Waals surface area contributed by atoms with Gasteiger partial charge in [0, 0.05) is 7.11 Å². The molecule has 1 aliphatic rings. The maximum atomic E-state index is 10.7. The highest BCUT2D eigenvalue weighted by Crippen LogP contribution is 2.39. The van der Waals surface area contributed by atoms with E-state index in [0.29, 0.717) is 5.92 Å². The van der Waals surface area contributed by atoms with Crippen molar-refractivity contribution in [2.24, 2.45) is 11.8 Å². The van der Waals surface area contributed by atoms with Gasteiger partial charge in [0.25, 0.3) is 0 Å². The fourth-order valence-electron chi connectivity index (χ4n) is 3.44. The highest BCUT2D eigenvalue weighted by Gasteiger charge is 2.41. The average molecular weight is 270 g/mol. The predicted octanol–water partition coefficient (Wildman–Crippen LogP) is 4.55. The molecule has 1 N–H and O–H groups in total. The zero-order chi connectivity index (χ0) is 14.3. The molecule has 2 nitrogen and oxygen atoms in total. The van der Waals surface area contributed by atoms with Crippen LogP contribution in [0.5, 0.6) is 0 Å². The highest BCUT2D eigenvalue weighted by atomic mass is 16.5. The lowest BCUT2D eigenvalue weighted by atomic mass is 9.74. The smallest absolute Gasteiger partial charge is 0.0936 e. The van der Waals surface area contributed by atoms with Gasteiger partial charge in [-0.15, -0.1) is 0 Å². The van der Waals surface area contributed by atoms with Gasteiger partial charge in [0.05, 0.1) is 11.7 Å². The van der Waals surface area contributed by atoms with Gasteiger partial charge in [-0.25, -0.2) is 0 Å². The van der Waals surface area contributed by atoms with Gasteiger partial charge in [0.2, 0.25) is 0 Å². The van der Waals surface area contributed by atoms with Crippen LogP contribution in [0.25, 0.3) is 0 Å². The Kier molecular flexibility index (Phi) is 7.38. The summed E-state index contributed by atoms with van der Waals surface area (Å²) in [5, 5.41) is 10.7. The van der Waals surface area contributed by atoms with Gasteiger partial charge >= 0.3 is 0 Å². The van der Waals surface area contributed by atoms with Gasteiger partial charge < -0.3 is 9.84 Å². The first-order valence-electron chi connectivity index (χ1n) is 8.31. The number of ether oxygens (including phenoxy) is 1. The Balaban J connectivity index is 2.54. The van der Waals surface area contributed by atoms with E-state index in [4.69, 9.17) is 4.74 Å². The second-order valence-electron chi connectivity index (χ2n) is 6.62. The van der Waals surface area contributed by atoms with Gasteiger partial charge in [-0.1, -0.05) is 46.5 Å². The molecule has 19 heavy (non-hydrogen) atoms. The number of aliphatic hydroxyl groups is 1.